The van der Waals surface area contributed by atoms with Crippen molar-refractivity contribution in [3.8, 4) is 0 Å². The first kappa shape index (κ1) is 18.2. The number of benzene rings is 1. The smallest absolute Gasteiger partial charge is 0.194 e. The summed E-state index contributed by atoms with van der Waals surface area (Å²) < 4.78 is 6.44. The molecule has 0 atom stereocenters. The van der Waals surface area contributed by atoms with E-state index in [-0.39, 0.29) is 5.54 Å². The van der Waals surface area contributed by atoms with Gasteiger partial charge in [-0.3, -0.25) is 10.00 Å². The molecular formula is C19H24IN5S. The largest absolute Gasteiger partial charge is 0.344 e. The second-order valence-corrected chi connectivity index (χ2v) is 9.25. The van der Waals surface area contributed by atoms with Gasteiger partial charge in [0.25, 0.3) is 0 Å². The van der Waals surface area contributed by atoms with Crippen molar-refractivity contribution < 1.29 is 0 Å². The molecule has 0 saturated carbocycles. The molecule has 26 heavy (non-hydrogen) atoms. The van der Waals surface area contributed by atoms with Gasteiger partial charge in [-0.15, -0.1) is 0 Å². The van der Waals surface area contributed by atoms with E-state index in [2.05, 4.69) is 81.3 Å². The van der Waals surface area contributed by atoms with E-state index >= 15 is 0 Å². The van der Waals surface area contributed by atoms with Gasteiger partial charge in [0, 0.05) is 64.2 Å². The van der Waals surface area contributed by atoms with E-state index in [0.29, 0.717) is 4.77 Å². The molecule has 0 unspecified atom stereocenters. The van der Waals surface area contributed by atoms with Gasteiger partial charge in [-0.1, -0.05) is 0 Å². The maximum absolute atomic E-state index is 5.25. The molecule has 1 aliphatic rings. The molecule has 1 aromatic carbocycles. The second-order valence-electron chi connectivity index (χ2n) is 7.62. The third kappa shape index (κ3) is 2.75. The fraction of sp³-hybridized carbons (Fsp3) is 0.474. The number of nitrogens with one attached hydrogen (secondary N) is 1. The highest BCUT2D eigenvalue weighted by Gasteiger charge is 2.36. The van der Waals surface area contributed by atoms with Crippen molar-refractivity contribution in [2.75, 3.05) is 13.6 Å². The molecule has 4 rings (SSSR count). The lowest BCUT2D eigenvalue weighted by Crippen LogP contribution is -2.44. The van der Waals surface area contributed by atoms with Gasteiger partial charge in [0.2, 0.25) is 0 Å². The monoisotopic (exact) mass is 481 g/mol. The molecule has 2 aromatic heterocycles. The number of likely N-dealkylation sites (N-methyl/N-ethyl adjacent to an activating group) is 1. The van der Waals surface area contributed by atoms with Crippen LogP contribution in [0.4, 0.5) is 0 Å². The topological polar surface area (TPSA) is 41.8 Å². The predicted molar refractivity (Wildman–Crippen MR) is 116 cm³/mol. The Balaban J connectivity index is 1.85. The number of hydrogen-bond donors (Lipinski definition) is 1. The minimum absolute atomic E-state index is 0.0340. The highest BCUT2D eigenvalue weighted by atomic mass is 127. The second kappa shape index (κ2) is 6.45. The molecule has 0 fully saturated rings. The van der Waals surface area contributed by atoms with Crippen LogP contribution < -0.4 is 0 Å². The number of aromatic amines is 1. The molecule has 0 amide bonds. The van der Waals surface area contributed by atoms with Crippen LogP contribution in [-0.2, 0) is 32.0 Å². The summed E-state index contributed by atoms with van der Waals surface area (Å²) in [6.45, 7) is 6.68. The molecule has 5 nitrogen and oxygen atoms in total. The highest BCUT2D eigenvalue weighted by molar-refractivity contribution is 14.1. The fourth-order valence-corrected chi connectivity index (χ4v) is 4.78. The lowest BCUT2D eigenvalue weighted by atomic mass is 9.86. The normalized spacial score (nSPS) is 17.0. The van der Waals surface area contributed by atoms with Gasteiger partial charge in [0.05, 0.1) is 0 Å². The minimum atomic E-state index is 0.0340. The minimum Gasteiger partial charge on any atom is -0.344 e. The molecule has 1 N–H and O–H groups in total. The van der Waals surface area contributed by atoms with Crippen LogP contribution in [0.1, 0.15) is 30.9 Å². The quantitative estimate of drug-likeness (QED) is 0.454. The Morgan fingerprint density at radius 1 is 1.31 bits per heavy atom. The number of hydrogen-bond acceptors (Lipinski definition) is 3. The van der Waals surface area contributed by atoms with Crippen molar-refractivity contribution in [3.05, 3.63) is 43.6 Å². The lowest BCUT2D eigenvalue weighted by molar-refractivity contribution is 0.143. The average molecular weight is 481 g/mol. The zero-order chi connectivity index (χ0) is 18.6. The molecule has 0 spiro atoms. The van der Waals surface area contributed by atoms with Crippen LogP contribution in [0.5, 0.6) is 0 Å². The van der Waals surface area contributed by atoms with Crippen LogP contribution in [0.15, 0.2) is 18.2 Å². The van der Waals surface area contributed by atoms with Crippen LogP contribution in [0.2, 0.25) is 0 Å². The maximum Gasteiger partial charge on any atom is 0.194 e. The van der Waals surface area contributed by atoms with Crippen LogP contribution in [-0.4, -0.2) is 37.8 Å². The van der Waals surface area contributed by atoms with E-state index in [9.17, 15) is 0 Å². The first-order chi connectivity index (χ1) is 12.3. The molecular weight excluding hydrogens is 457 g/mol. The summed E-state index contributed by atoms with van der Waals surface area (Å²) in [5.74, 6) is 1.00. The molecule has 0 aliphatic carbocycles. The van der Waals surface area contributed by atoms with Gasteiger partial charge < -0.3 is 9.13 Å². The van der Waals surface area contributed by atoms with E-state index in [4.69, 9.17) is 12.2 Å². The summed E-state index contributed by atoms with van der Waals surface area (Å²) in [6, 6.07) is 6.81. The highest BCUT2D eigenvalue weighted by Crippen LogP contribution is 2.41. The zero-order valence-corrected chi connectivity index (χ0v) is 18.6. The van der Waals surface area contributed by atoms with Crippen molar-refractivity contribution in [2.45, 2.75) is 38.8 Å². The Hall–Kier alpha value is -1.19. The first-order valence-corrected chi connectivity index (χ1v) is 10.4. The molecule has 138 valence electrons. The van der Waals surface area contributed by atoms with Crippen molar-refractivity contribution in [3.63, 3.8) is 0 Å². The Morgan fingerprint density at radius 2 is 2.08 bits per heavy atom. The summed E-state index contributed by atoms with van der Waals surface area (Å²) in [4.78, 5) is 2.47. The molecule has 0 saturated heterocycles. The van der Waals surface area contributed by atoms with E-state index in [1.165, 1.54) is 25.7 Å². The maximum atomic E-state index is 5.25. The molecule has 3 aromatic rings. The van der Waals surface area contributed by atoms with E-state index in [1.807, 2.05) is 11.6 Å². The Kier molecular flexibility index (Phi) is 4.51. The van der Waals surface area contributed by atoms with Gasteiger partial charge in [0.1, 0.15) is 5.82 Å². The van der Waals surface area contributed by atoms with Gasteiger partial charge in [-0.2, -0.15) is 5.10 Å². The number of aryl methyl sites for hydroxylation is 2. The van der Waals surface area contributed by atoms with Gasteiger partial charge in [-0.05, 0) is 73.9 Å². The summed E-state index contributed by atoms with van der Waals surface area (Å²) >= 11 is 7.67. The number of fused-ring (bicyclic) bond motifs is 3. The van der Waals surface area contributed by atoms with Gasteiger partial charge in [-0.25, -0.2) is 0 Å². The summed E-state index contributed by atoms with van der Waals surface area (Å²) in [7, 11) is 4.21. The Labute approximate surface area is 172 Å². The third-order valence-electron chi connectivity index (χ3n) is 5.91. The predicted octanol–water partition coefficient (Wildman–Crippen LogP) is 4.00. The standard InChI is InChI=1S/C19H24IN5S/c1-19(2)17-13-11-12(20)5-6-14(13)25(15(17)7-9-23(19)3)10-8-16-21-22-18(26)24(16)4/h5-6,11H,7-10H2,1-4H3,(H,22,26). The molecule has 0 bridgehead atoms. The Bertz CT molecular complexity index is 1040. The van der Waals surface area contributed by atoms with Crippen LogP contribution in [0.3, 0.4) is 0 Å². The molecule has 3 heterocycles. The first-order valence-electron chi connectivity index (χ1n) is 8.93. The fourth-order valence-electron chi connectivity index (χ4n) is 4.14. The Morgan fingerprint density at radius 3 is 2.77 bits per heavy atom. The molecule has 0 radical (unpaired) electrons. The molecule has 1 aliphatic heterocycles. The van der Waals surface area contributed by atoms with Crippen molar-refractivity contribution in [1.29, 1.82) is 0 Å². The SMILES string of the molecule is CN1CCc2c(c3cc(I)ccc3n2CCc2n[nH]c(=S)n2C)C1(C)C. The number of nitrogens with zero attached hydrogens (tertiary/aromatic N) is 4. The van der Waals surface area contributed by atoms with Crippen LogP contribution in [0, 0.1) is 8.34 Å². The van der Waals surface area contributed by atoms with Crippen molar-refractivity contribution >= 4 is 45.7 Å². The van der Waals surface area contributed by atoms with Crippen LogP contribution in [0.25, 0.3) is 10.9 Å². The van der Waals surface area contributed by atoms with E-state index in [1.54, 1.807) is 0 Å². The van der Waals surface area contributed by atoms with Crippen molar-refractivity contribution in [2.24, 2.45) is 7.05 Å². The summed E-state index contributed by atoms with van der Waals surface area (Å²) in [5.41, 5.74) is 4.32. The average Bonchev–Trinajstić information content (AvgIpc) is 3.08. The number of rotatable bonds is 3. The summed E-state index contributed by atoms with van der Waals surface area (Å²) in [5, 5.41) is 8.66. The van der Waals surface area contributed by atoms with Gasteiger partial charge in [0.15, 0.2) is 4.77 Å². The lowest BCUT2D eigenvalue weighted by Gasteiger charge is -2.40. The van der Waals surface area contributed by atoms with E-state index in [0.717, 1.165) is 31.8 Å². The summed E-state index contributed by atoms with van der Waals surface area (Å²) in [6.07, 6.45) is 1.95. The zero-order valence-electron chi connectivity index (χ0n) is 15.6. The van der Waals surface area contributed by atoms with Crippen molar-refractivity contribution in [1.82, 2.24) is 24.2 Å². The number of aromatic nitrogens is 4. The van der Waals surface area contributed by atoms with E-state index < -0.39 is 0 Å². The van der Waals surface area contributed by atoms with Crippen LogP contribution >= 0.6 is 34.8 Å². The molecule has 7 heteroatoms. The third-order valence-corrected chi connectivity index (χ3v) is 6.95. The number of halogens is 1. The van der Waals surface area contributed by atoms with Gasteiger partial charge >= 0.3 is 0 Å². The number of H-pyrrole nitrogens is 1.